The number of amides is 2. The van der Waals surface area contributed by atoms with Crippen molar-refractivity contribution in [3.05, 3.63) is 53.1 Å². The number of rotatable bonds is 7. The third-order valence-corrected chi connectivity index (χ3v) is 5.66. The van der Waals surface area contributed by atoms with Crippen LogP contribution in [0.25, 0.3) is 0 Å². The normalized spacial score (nSPS) is 16.1. The van der Waals surface area contributed by atoms with E-state index in [-0.39, 0.29) is 17.7 Å². The van der Waals surface area contributed by atoms with Crippen LogP contribution in [0.2, 0.25) is 0 Å². The number of aryl methyl sites for hydroxylation is 2. The molecule has 1 atom stereocenters. The van der Waals surface area contributed by atoms with Gasteiger partial charge in [-0.05, 0) is 44.7 Å². The Hall–Kier alpha value is -2.96. The van der Waals surface area contributed by atoms with Crippen molar-refractivity contribution < 1.29 is 14.3 Å². The Morgan fingerprint density at radius 3 is 2.71 bits per heavy atom. The summed E-state index contributed by atoms with van der Waals surface area (Å²) in [6.07, 6.45) is 4.64. The molecule has 7 nitrogen and oxygen atoms in total. The highest BCUT2D eigenvalue weighted by Crippen LogP contribution is 2.26. The first kappa shape index (κ1) is 22.7. The maximum atomic E-state index is 12.7. The molecule has 1 aromatic carbocycles. The van der Waals surface area contributed by atoms with Crippen LogP contribution < -0.4 is 4.74 Å². The summed E-state index contributed by atoms with van der Waals surface area (Å²) < 4.78 is 5.80. The Kier molecular flexibility index (Phi) is 7.60. The molecule has 0 saturated carbocycles. The van der Waals surface area contributed by atoms with Crippen LogP contribution in [0.3, 0.4) is 0 Å². The average Bonchev–Trinajstić information content (AvgIpc) is 2.77. The van der Waals surface area contributed by atoms with Gasteiger partial charge in [-0.25, -0.2) is 9.97 Å². The monoisotopic (exact) mass is 424 g/mol. The van der Waals surface area contributed by atoms with Crippen LogP contribution in [-0.2, 0) is 4.79 Å². The lowest BCUT2D eigenvalue weighted by Gasteiger charge is -2.32. The number of nitrogens with zero attached hydrogens (tertiary/aromatic N) is 4. The highest BCUT2D eigenvalue weighted by atomic mass is 16.5. The molecular formula is C24H32N4O3. The molecule has 1 fully saturated rings. The summed E-state index contributed by atoms with van der Waals surface area (Å²) >= 11 is 0. The van der Waals surface area contributed by atoms with Gasteiger partial charge in [0.1, 0.15) is 11.6 Å². The van der Waals surface area contributed by atoms with Gasteiger partial charge in [0.05, 0.1) is 17.9 Å². The maximum Gasteiger partial charge on any atom is 0.256 e. The van der Waals surface area contributed by atoms with Gasteiger partial charge in [-0.1, -0.05) is 18.2 Å². The lowest BCUT2D eigenvalue weighted by Crippen LogP contribution is -2.39. The van der Waals surface area contributed by atoms with Crippen LogP contribution in [0.4, 0.5) is 0 Å². The zero-order valence-electron chi connectivity index (χ0n) is 18.9. The Morgan fingerprint density at radius 2 is 2.00 bits per heavy atom. The van der Waals surface area contributed by atoms with Gasteiger partial charge < -0.3 is 14.5 Å². The van der Waals surface area contributed by atoms with E-state index in [1.165, 1.54) is 4.90 Å². The summed E-state index contributed by atoms with van der Waals surface area (Å²) in [5.41, 5.74) is 2.30. The molecule has 0 bridgehead atoms. The topological polar surface area (TPSA) is 75.6 Å². The van der Waals surface area contributed by atoms with Gasteiger partial charge in [-0.3, -0.25) is 9.59 Å². The second-order valence-electron chi connectivity index (χ2n) is 8.32. The van der Waals surface area contributed by atoms with Crippen molar-refractivity contribution in [2.45, 2.75) is 45.4 Å². The van der Waals surface area contributed by atoms with Crippen LogP contribution in [0, 0.1) is 13.8 Å². The number of hydrogen-bond donors (Lipinski definition) is 0. The zero-order valence-corrected chi connectivity index (χ0v) is 18.9. The van der Waals surface area contributed by atoms with Crippen molar-refractivity contribution in [1.29, 1.82) is 0 Å². The minimum atomic E-state index is -0.0996. The molecule has 1 saturated heterocycles. The summed E-state index contributed by atoms with van der Waals surface area (Å²) in [5, 5.41) is 0. The van der Waals surface area contributed by atoms with E-state index in [1.54, 1.807) is 20.3 Å². The minimum absolute atomic E-state index is 0.0996. The molecule has 0 N–H and O–H groups in total. The SMILES string of the molecule is Cc1ccccc1OCCCC(=O)N1CCCC(c2ncc(C(=O)N(C)C)c(C)n2)C1. The molecule has 2 aromatic rings. The first-order valence-corrected chi connectivity index (χ1v) is 10.9. The lowest BCUT2D eigenvalue weighted by atomic mass is 9.96. The summed E-state index contributed by atoms with van der Waals surface area (Å²) in [5.74, 6) is 1.74. The second-order valence-corrected chi connectivity index (χ2v) is 8.32. The van der Waals surface area contributed by atoms with Gasteiger partial charge >= 0.3 is 0 Å². The number of carbonyl (C=O) groups excluding carboxylic acids is 2. The molecule has 7 heteroatoms. The van der Waals surface area contributed by atoms with E-state index in [4.69, 9.17) is 4.74 Å². The van der Waals surface area contributed by atoms with E-state index in [0.29, 0.717) is 43.1 Å². The van der Waals surface area contributed by atoms with Crippen molar-refractivity contribution in [1.82, 2.24) is 19.8 Å². The Bertz CT molecular complexity index is 929. The Labute approximate surface area is 184 Å². The van der Waals surface area contributed by atoms with Gasteiger partial charge in [-0.15, -0.1) is 0 Å². The van der Waals surface area contributed by atoms with Crippen LogP contribution in [0.15, 0.2) is 30.5 Å². The number of likely N-dealkylation sites (tertiary alicyclic amines) is 1. The van der Waals surface area contributed by atoms with Crippen LogP contribution >= 0.6 is 0 Å². The quantitative estimate of drug-likeness (QED) is 0.637. The summed E-state index contributed by atoms with van der Waals surface area (Å²) in [6.45, 7) is 5.77. The van der Waals surface area contributed by atoms with E-state index in [2.05, 4.69) is 9.97 Å². The number of aromatic nitrogens is 2. The van der Waals surface area contributed by atoms with Crippen LogP contribution in [0.1, 0.15) is 59.0 Å². The molecule has 3 rings (SSSR count). The Morgan fingerprint density at radius 1 is 1.23 bits per heavy atom. The van der Waals surface area contributed by atoms with Crippen molar-refractivity contribution in [3.63, 3.8) is 0 Å². The molecule has 2 heterocycles. The van der Waals surface area contributed by atoms with E-state index in [9.17, 15) is 9.59 Å². The molecule has 0 spiro atoms. The predicted octanol–water partition coefficient (Wildman–Crippen LogP) is 3.36. The molecule has 166 valence electrons. The maximum absolute atomic E-state index is 12.7. The van der Waals surface area contributed by atoms with E-state index >= 15 is 0 Å². The predicted molar refractivity (Wildman–Crippen MR) is 119 cm³/mol. The highest BCUT2D eigenvalue weighted by molar-refractivity contribution is 5.94. The van der Waals surface area contributed by atoms with Crippen LogP contribution in [-0.4, -0.2) is 65.4 Å². The minimum Gasteiger partial charge on any atom is -0.493 e. The smallest absolute Gasteiger partial charge is 0.256 e. The third-order valence-electron chi connectivity index (χ3n) is 5.66. The highest BCUT2D eigenvalue weighted by Gasteiger charge is 2.27. The molecule has 1 unspecified atom stereocenters. The van der Waals surface area contributed by atoms with Gasteiger partial charge in [0.25, 0.3) is 5.91 Å². The molecule has 0 aliphatic carbocycles. The van der Waals surface area contributed by atoms with Crippen molar-refractivity contribution in [2.75, 3.05) is 33.8 Å². The van der Waals surface area contributed by atoms with Gasteiger partial charge in [0.15, 0.2) is 0 Å². The number of hydrogen-bond acceptors (Lipinski definition) is 5. The largest absolute Gasteiger partial charge is 0.493 e. The fraction of sp³-hybridized carbons (Fsp3) is 0.500. The van der Waals surface area contributed by atoms with E-state index < -0.39 is 0 Å². The molecule has 1 aliphatic heterocycles. The fourth-order valence-corrected chi connectivity index (χ4v) is 3.83. The number of carbonyl (C=O) groups is 2. The van der Waals surface area contributed by atoms with E-state index in [1.807, 2.05) is 43.0 Å². The second kappa shape index (κ2) is 10.4. The van der Waals surface area contributed by atoms with Crippen molar-refractivity contribution >= 4 is 11.8 Å². The van der Waals surface area contributed by atoms with Gasteiger partial charge in [0, 0.05) is 45.7 Å². The molecule has 31 heavy (non-hydrogen) atoms. The van der Waals surface area contributed by atoms with Crippen molar-refractivity contribution in [2.24, 2.45) is 0 Å². The van der Waals surface area contributed by atoms with Gasteiger partial charge in [-0.2, -0.15) is 0 Å². The van der Waals surface area contributed by atoms with Crippen molar-refractivity contribution in [3.8, 4) is 5.75 Å². The zero-order chi connectivity index (χ0) is 22.4. The number of piperidine rings is 1. The lowest BCUT2D eigenvalue weighted by molar-refractivity contribution is -0.132. The summed E-state index contributed by atoms with van der Waals surface area (Å²) in [7, 11) is 3.43. The third kappa shape index (κ3) is 5.81. The molecular weight excluding hydrogens is 392 g/mol. The molecule has 2 amide bonds. The number of ether oxygens (including phenoxy) is 1. The number of para-hydroxylation sites is 1. The summed E-state index contributed by atoms with van der Waals surface area (Å²) in [6, 6.07) is 7.90. The summed E-state index contributed by atoms with van der Waals surface area (Å²) in [4.78, 5) is 37.4. The molecule has 1 aromatic heterocycles. The standard InChI is InChI=1S/C24H32N4O3/c1-17-9-5-6-11-21(17)31-14-8-12-22(29)28-13-7-10-19(16-28)23-25-15-20(18(2)26-23)24(30)27(3)4/h5-6,9,11,15,19H,7-8,10,12-14,16H2,1-4H3. The van der Waals surface area contributed by atoms with Gasteiger partial charge in [0.2, 0.25) is 5.91 Å². The molecule has 0 radical (unpaired) electrons. The molecule has 1 aliphatic rings. The average molecular weight is 425 g/mol. The Balaban J connectivity index is 1.52. The first-order chi connectivity index (χ1) is 14.9. The first-order valence-electron chi connectivity index (χ1n) is 10.9. The number of benzene rings is 1. The van der Waals surface area contributed by atoms with Crippen LogP contribution in [0.5, 0.6) is 5.75 Å². The fourth-order valence-electron chi connectivity index (χ4n) is 3.83. The van der Waals surface area contributed by atoms with E-state index in [0.717, 1.165) is 30.7 Å².